The zero-order chi connectivity index (χ0) is 13.2. The summed E-state index contributed by atoms with van der Waals surface area (Å²) < 4.78 is 0. The SMILES string of the molecule is Cc1ccccc1C1CC(NC2CCCNC2=O)C1. The zero-order valence-electron chi connectivity index (χ0n) is 11.5. The Bertz CT molecular complexity index is 466. The Morgan fingerprint density at radius 2 is 2.05 bits per heavy atom. The van der Waals surface area contributed by atoms with Gasteiger partial charge in [0.25, 0.3) is 0 Å². The van der Waals surface area contributed by atoms with Gasteiger partial charge in [0.2, 0.25) is 5.91 Å². The first-order chi connectivity index (χ1) is 9.24. The summed E-state index contributed by atoms with van der Waals surface area (Å²) >= 11 is 0. The summed E-state index contributed by atoms with van der Waals surface area (Å²) in [6.45, 7) is 3.03. The first-order valence-electron chi connectivity index (χ1n) is 7.33. The van der Waals surface area contributed by atoms with Gasteiger partial charge in [0.05, 0.1) is 6.04 Å². The maximum Gasteiger partial charge on any atom is 0.237 e. The molecule has 1 aliphatic heterocycles. The van der Waals surface area contributed by atoms with E-state index >= 15 is 0 Å². The number of rotatable bonds is 3. The number of carbonyl (C=O) groups excluding carboxylic acids is 1. The van der Waals surface area contributed by atoms with Crippen LogP contribution in [0.1, 0.15) is 42.7 Å². The van der Waals surface area contributed by atoms with Gasteiger partial charge in [-0.3, -0.25) is 4.79 Å². The Hall–Kier alpha value is -1.35. The van der Waals surface area contributed by atoms with Crippen LogP contribution in [-0.2, 0) is 4.79 Å². The summed E-state index contributed by atoms with van der Waals surface area (Å²) in [5.41, 5.74) is 2.87. The van der Waals surface area contributed by atoms with Gasteiger partial charge in [-0.25, -0.2) is 0 Å². The van der Waals surface area contributed by atoms with E-state index in [1.165, 1.54) is 11.1 Å². The second-order valence-corrected chi connectivity index (χ2v) is 5.87. The fourth-order valence-electron chi connectivity index (χ4n) is 3.27. The fraction of sp³-hybridized carbons (Fsp3) is 0.562. The van der Waals surface area contributed by atoms with E-state index < -0.39 is 0 Å². The Morgan fingerprint density at radius 1 is 1.26 bits per heavy atom. The summed E-state index contributed by atoms with van der Waals surface area (Å²) in [5, 5.41) is 6.45. The average molecular weight is 258 g/mol. The van der Waals surface area contributed by atoms with E-state index in [0.717, 1.165) is 32.2 Å². The minimum absolute atomic E-state index is 0.0385. The van der Waals surface area contributed by atoms with Crippen molar-refractivity contribution in [2.75, 3.05) is 6.54 Å². The van der Waals surface area contributed by atoms with E-state index in [2.05, 4.69) is 41.8 Å². The normalized spacial score (nSPS) is 30.6. The van der Waals surface area contributed by atoms with Gasteiger partial charge in [-0.05, 0) is 49.7 Å². The molecule has 0 bridgehead atoms. The minimum Gasteiger partial charge on any atom is -0.355 e. The van der Waals surface area contributed by atoms with Crippen LogP contribution in [0.3, 0.4) is 0 Å². The van der Waals surface area contributed by atoms with Crippen molar-refractivity contribution in [2.24, 2.45) is 0 Å². The van der Waals surface area contributed by atoms with E-state index in [4.69, 9.17) is 0 Å². The minimum atomic E-state index is 0.0385. The van der Waals surface area contributed by atoms with Crippen LogP contribution in [0.5, 0.6) is 0 Å². The van der Waals surface area contributed by atoms with E-state index in [1.807, 2.05) is 0 Å². The molecule has 19 heavy (non-hydrogen) atoms. The Labute approximate surface area is 114 Å². The summed E-state index contributed by atoms with van der Waals surface area (Å²) in [6, 6.07) is 9.20. The van der Waals surface area contributed by atoms with Crippen LogP contribution >= 0.6 is 0 Å². The standard InChI is InChI=1S/C16H22N2O/c1-11-5-2-3-6-14(11)12-9-13(10-12)18-15-7-4-8-17-16(15)19/h2-3,5-6,12-13,15,18H,4,7-10H2,1H3,(H,17,19). The topological polar surface area (TPSA) is 41.1 Å². The van der Waals surface area contributed by atoms with Gasteiger partial charge < -0.3 is 10.6 Å². The molecule has 1 aromatic carbocycles. The zero-order valence-corrected chi connectivity index (χ0v) is 11.5. The molecule has 1 unspecified atom stereocenters. The first kappa shape index (κ1) is 12.7. The molecule has 0 spiro atoms. The highest BCUT2D eigenvalue weighted by molar-refractivity contribution is 5.82. The third-order valence-electron chi connectivity index (χ3n) is 4.49. The number of benzene rings is 1. The van der Waals surface area contributed by atoms with E-state index in [0.29, 0.717) is 12.0 Å². The molecule has 0 aromatic heterocycles. The Kier molecular flexibility index (Phi) is 3.56. The van der Waals surface area contributed by atoms with Gasteiger partial charge in [0, 0.05) is 12.6 Å². The van der Waals surface area contributed by atoms with Gasteiger partial charge in [-0.1, -0.05) is 24.3 Å². The Balaban J connectivity index is 1.53. The van der Waals surface area contributed by atoms with Crippen LogP contribution in [0, 0.1) is 6.92 Å². The van der Waals surface area contributed by atoms with E-state index in [1.54, 1.807) is 0 Å². The van der Waals surface area contributed by atoms with Crippen molar-refractivity contribution < 1.29 is 4.79 Å². The molecule has 102 valence electrons. The fourth-order valence-corrected chi connectivity index (χ4v) is 3.27. The first-order valence-corrected chi connectivity index (χ1v) is 7.33. The molecule has 1 aliphatic carbocycles. The lowest BCUT2D eigenvalue weighted by atomic mass is 9.74. The third kappa shape index (κ3) is 2.66. The van der Waals surface area contributed by atoms with Gasteiger partial charge in [0.1, 0.15) is 0 Å². The molecule has 1 aromatic rings. The van der Waals surface area contributed by atoms with Crippen molar-refractivity contribution in [3.63, 3.8) is 0 Å². The molecule has 2 N–H and O–H groups in total. The van der Waals surface area contributed by atoms with Crippen molar-refractivity contribution in [1.82, 2.24) is 10.6 Å². The number of piperidine rings is 1. The maximum absolute atomic E-state index is 11.7. The van der Waals surface area contributed by atoms with Crippen molar-refractivity contribution >= 4 is 5.91 Å². The summed E-state index contributed by atoms with van der Waals surface area (Å²) in [4.78, 5) is 11.7. The molecule has 3 nitrogen and oxygen atoms in total. The number of hydrogen-bond donors (Lipinski definition) is 2. The van der Waals surface area contributed by atoms with E-state index in [-0.39, 0.29) is 11.9 Å². The largest absolute Gasteiger partial charge is 0.355 e. The lowest BCUT2D eigenvalue weighted by Crippen LogP contribution is -2.54. The maximum atomic E-state index is 11.7. The Morgan fingerprint density at radius 3 is 2.79 bits per heavy atom. The highest BCUT2D eigenvalue weighted by atomic mass is 16.2. The lowest BCUT2D eigenvalue weighted by molar-refractivity contribution is -0.124. The summed E-state index contributed by atoms with van der Waals surface area (Å²) in [7, 11) is 0. The second kappa shape index (κ2) is 5.33. The van der Waals surface area contributed by atoms with Crippen LogP contribution < -0.4 is 10.6 Å². The number of carbonyl (C=O) groups is 1. The molecule has 3 heteroatoms. The van der Waals surface area contributed by atoms with Gasteiger partial charge in [-0.2, -0.15) is 0 Å². The van der Waals surface area contributed by atoms with Gasteiger partial charge >= 0.3 is 0 Å². The molecule has 1 saturated carbocycles. The highest BCUT2D eigenvalue weighted by Gasteiger charge is 2.34. The molecule has 1 saturated heterocycles. The van der Waals surface area contributed by atoms with Crippen LogP contribution in [0.2, 0.25) is 0 Å². The highest BCUT2D eigenvalue weighted by Crippen LogP contribution is 2.38. The summed E-state index contributed by atoms with van der Waals surface area (Å²) in [6.07, 6.45) is 4.40. The molecular formula is C16H22N2O. The average Bonchev–Trinajstić information content (AvgIpc) is 2.37. The number of hydrogen-bond acceptors (Lipinski definition) is 2. The second-order valence-electron chi connectivity index (χ2n) is 5.87. The van der Waals surface area contributed by atoms with Crippen LogP contribution in [0.25, 0.3) is 0 Å². The number of amides is 1. The molecule has 1 atom stereocenters. The van der Waals surface area contributed by atoms with Crippen molar-refractivity contribution in [1.29, 1.82) is 0 Å². The van der Waals surface area contributed by atoms with Gasteiger partial charge in [0.15, 0.2) is 0 Å². The van der Waals surface area contributed by atoms with Crippen LogP contribution in [0.15, 0.2) is 24.3 Å². The molecular weight excluding hydrogens is 236 g/mol. The van der Waals surface area contributed by atoms with Crippen molar-refractivity contribution in [3.8, 4) is 0 Å². The molecule has 3 rings (SSSR count). The summed E-state index contributed by atoms with van der Waals surface area (Å²) in [5.74, 6) is 0.857. The predicted molar refractivity (Wildman–Crippen MR) is 76.1 cm³/mol. The molecule has 0 radical (unpaired) electrons. The monoisotopic (exact) mass is 258 g/mol. The van der Waals surface area contributed by atoms with Gasteiger partial charge in [-0.15, -0.1) is 0 Å². The van der Waals surface area contributed by atoms with Crippen molar-refractivity contribution in [3.05, 3.63) is 35.4 Å². The lowest BCUT2D eigenvalue weighted by Gasteiger charge is -2.39. The van der Waals surface area contributed by atoms with Crippen molar-refractivity contribution in [2.45, 2.75) is 50.6 Å². The molecule has 2 aliphatic rings. The van der Waals surface area contributed by atoms with E-state index in [9.17, 15) is 4.79 Å². The number of nitrogens with one attached hydrogen (secondary N) is 2. The smallest absolute Gasteiger partial charge is 0.237 e. The van der Waals surface area contributed by atoms with Crippen LogP contribution in [0.4, 0.5) is 0 Å². The predicted octanol–water partition coefficient (Wildman–Crippen LogP) is 2.11. The van der Waals surface area contributed by atoms with Crippen LogP contribution in [-0.4, -0.2) is 24.5 Å². The third-order valence-corrected chi connectivity index (χ3v) is 4.49. The molecule has 2 fully saturated rings. The molecule has 1 amide bonds. The quantitative estimate of drug-likeness (QED) is 0.872. The number of aryl methyl sites for hydroxylation is 1. The molecule has 1 heterocycles.